The van der Waals surface area contributed by atoms with E-state index in [0.717, 1.165) is 0 Å². The number of carbonyl (C=O) groups is 1. The van der Waals surface area contributed by atoms with E-state index in [9.17, 15) is 4.79 Å². The van der Waals surface area contributed by atoms with Gasteiger partial charge in [0, 0.05) is 26.6 Å². The maximum atomic E-state index is 11.4. The van der Waals surface area contributed by atoms with E-state index < -0.39 is 0 Å². The molecule has 0 aromatic heterocycles. The van der Waals surface area contributed by atoms with Crippen LogP contribution in [0.1, 0.15) is 13.3 Å². The summed E-state index contributed by atoms with van der Waals surface area (Å²) in [6.45, 7) is 3.54. The summed E-state index contributed by atoms with van der Waals surface area (Å²) in [6.07, 6.45) is 0.142. The van der Waals surface area contributed by atoms with Gasteiger partial charge < -0.3 is 20.1 Å². The summed E-state index contributed by atoms with van der Waals surface area (Å²) in [5, 5.41) is 0. The molecule has 0 spiro atoms. The Morgan fingerprint density at radius 1 is 1.47 bits per heavy atom. The molecule has 0 aliphatic rings. The molecule has 0 saturated carbocycles. The fourth-order valence-electron chi connectivity index (χ4n) is 0.956. The summed E-state index contributed by atoms with van der Waals surface area (Å²) in [5.41, 5.74) is 5.36. The largest absolute Gasteiger partial charge is 0.450 e. The van der Waals surface area contributed by atoms with Gasteiger partial charge in [0.2, 0.25) is 0 Å². The highest BCUT2D eigenvalue weighted by Gasteiger charge is 2.13. The molecule has 0 fully saturated rings. The molecule has 0 aliphatic carbocycles. The molecule has 0 atom stereocenters. The van der Waals surface area contributed by atoms with E-state index in [1.807, 2.05) is 0 Å². The van der Waals surface area contributed by atoms with Crippen LogP contribution in [0.3, 0.4) is 0 Å². The van der Waals surface area contributed by atoms with E-state index >= 15 is 0 Å². The second kappa shape index (κ2) is 8.43. The van der Waals surface area contributed by atoms with Crippen molar-refractivity contribution in [1.82, 2.24) is 4.90 Å². The monoisotopic (exact) mass is 234 g/mol. The number of thiocarbonyl (C=S) groups is 1. The third-order valence-corrected chi connectivity index (χ3v) is 1.92. The van der Waals surface area contributed by atoms with Crippen molar-refractivity contribution in [2.75, 3.05) is 33.4 Å². The molecule has 0 saturated heterocycles. The van der Waals surface area contributed by atoms with Gasteiger partial charge in [-0.3, -0.25) is 0 Å². The molecule has 0 aliphatic heterocycles. The van der Waals surface area contributed by atoms with Crippen LogP contribution in [0.25, 0.3) is 0 Å². The van der Waals surface area contributed by atoms with E-state index in [2.05, 4.69) is 0 Å². The predicted molar refractivity (Wildman–Crippen MR) is 61.9 cm³/mol. The lowest BCUT2D eigenvalue weighted by atomic mass is 10.4. The minimum atomic E-state index is -0.356. The van der Waals surface area contributed by atoms with Crippen molar-refractivity contribution in [3.63, 3.8) is 0 Å². The first-order valence-corrected chi connectivity index (χ1v) is 5.21. The quantitative estimate of drug-likeness (QED) is 0.659. The summed E-state index contributed by atoms with van der Waals surface area (Å²) < 4.78 is 9.77. The number of amides is 1. The van der Waals surface area contributed by atoms with Gasteiger partial charge in [-0.2, -0.15) is 0 Å². The first-order chi connectivity index (χ1) is 7.11. The summed E-state index contributed by atoms with van der Waals surface area (Å²) in [4.78, 5) is 13.4. The number of nitrogens with zero attached hydrogens (tertiary/aromatic N) is 1. The number of hydrogen-bond donors (Lipinski definition) is 1. The molecule has 1 amide bonds. The lowest BCUT2D eigenvalue weighted by Crippen LogP contribution is -2.36. The SMILES string of the molecule is CCOC(=O)N(CCOC)CCC(N)=S. The summed E-state index contributed by atoms with van der Waals surface area (Å²) >= 11 is 4.75. The highest BCUT2D eigenvalue weighted by molar-refractivity contribution is 7.80. The molecule has 0 aromatic rings. The summed E-state index contributed by atoms with van der Waals surface area (Å²) in [6, 6.07) is 0. The first-order valence-electron chi connectivity index (χ1n) is 4.80. The van der Waals surface area contributed by atoms with Gasteiger partial charge in [0.05, 0.1) is 18.2 Å². The molecular weight excluding hydrogens is 216 g/mol. The molecule has 0 unspecified atom stereocenters. The Labute approximate surface area is 95.5 Å². The van der Waals surface area contributed by atoms with Gasteiger partial charge in [-0.15, -0.1) is 0 Å². The van der Waals surface area contributed by atoms with Crippen molar-refractivity contribution in [2.45, 2.75) is 13.3 Å². The molecular formula is C9H18N2O3S. The molecule has 88 valence electrons. The van der Waals surface area contributed by atoms with Gasteiger partial charge in [-0.25, -0.2) is 4.79 Å². The van der Waals surface area contributed by atoms with Gasteiger partial charge in [0.1, 0.15) is 0 Å². The van der Waals surface area contributed by atoms with E-state index in [1.165, 1.54) is 4.90 Å². The van der Waals surface area contributed by atoms with Crippen molar-refractivity contribution >= 4 is 23.3 Å². The Kier molecular flexibility index (Phi) is 7.94. The lowest BCUT2D eigenvalue weighted by molar-refractivity contribution is 0.0922. The third kappa shape index (κ3) is 7.10. The van der Waals surface area contributed by atoms with E-state index in [1.54, 1.807) is 14.0 Å². The van der Waals surface area contributed by atoms with Crippen molar-refractivity contribution in [1.29, 1.82) is 0 Å². The molecule has 0 rings (SSSR count). The van der Waals surface area contributed by atoms with Crippen LogP contribution in [-0.2, 0) is 9.47 Å². The number of rotatable bonds is 7. The fraction of sp³-hybridized carbons (Fsp3) is 0.778. The smallest absolute Gasteiger partial charge is 0.409 e. The Hall–Kier alpha value is -0.880. The predicted octanol–water partition coefficient (Wildman–Crippen LogP) is 0.768. The van der Waals surface area contributed by atoms with Crippen LogP contribution in [0.5, 0.6) is 0 Å². The maximum absolute atomic E-state index is 11.4. The van der Waals surface area contributed by atoms with Crippen LogP contribution in [0, 0.1) is 0 Å². The molecule has 0 bridgehead atoms. The van der Waals surface area contributed by atoms with Gasteiger partial charge in [0.25, 0.3) is 0 Å². The number of carbonyl (C=O) groups excluding carboxylic acids is 1. The Balaban J connectivity index is 4.04. The zero-order valence-corrected chi connectivity index (χ0v) is 10.0. The van der Waals surface area contributed by atoms with Gasteiger partial charge in [0.15, 0.2) is 0 Å². The zero-order chi connectivity index (χ0) is 11.7. The highest BCUT2D eigenvalue weighted by atomic mass is 32.1. The number of methoxy groups -OCH3 is 1. The van der Waals surface area contributed by atoms with Gasteiger partial charge in [-0.1, -0.05) is 12.2 Å². The standard InChI is InChI=1S/C9H18N2O3S/c1-3-14-9(12)11(6-7-13-2)5-4-8(10)15/h3-7H2,1-2H3,(H2,10,15). The molecule has 5 nitrogen and oxygen atoms in total. The molecule has 0 heterocycles. The van der Waals surface area contributed by atoms with Crippen molar-refractivity contribution in [3.05, 3.63) is 0 Å². The van der Waals surface area contributed by atoms with Crippen LogP contribution in [-0.4, -0.2) is 49.4 Å². The fourth-order valence-corrected chi connectivity index (χ4v) is 1.05. The summed E-state index contributed by atoms with van der Waals surface area (Å²) in [7, 11) is 1.58. The van der Waals surface area contributed by atoms with Crippen LogP contribution in [0.2, 0.25) is 0 Å². The van der Waals surface area contributed by atoms with Crippen LogP contribution in [0.4, 0.5) is 4.79 Å². The second-order valence-corrected chi connectivity index (χ2v) is 3.42. The van der Waals surface area contributed by atoms with Gasteiger partial charge in [-0.05, 0) is 6.92 Å². The average Bonchev–Trinajstić information content (AvgIpc) is 2.17. The minimum absolute atomic E-state index is 0.356. The molecule has 6 heteroatoms. The second-order valence-electron chi connectivity index (χ2n) is 2.90. The van der Waals surface area contributed by atoms with E-state index in [0.29, 0.717) is 37.7 Å². The Bertz CT molecular complexity index is 212. The van der Waals surface area contributed by atoms with E-state index in [-0.39, 0.29) is 6.09 Å². The van der Waals surface area contributed by atoms with Crippen molar-refractivity contribution < 1.29 is 14.3 Å². The maximum Gasteiger partial charge on any atom is 0.409 e. The number of ether oxygens (including phenoxy) is 2. The Morgan fingerprint density at radius 3 is 2.60 bits per heavy atom. The topological polar surface area (TPSA) is 64.8 Å². The van der Waals surface area contributed by atoms with Gasteiger partial charge >= 0.3 is 6.09 Å². The van der Waals surface area contributed by atoms with Crippen LogP contribution in [0.15, 0.2) is 0 Å². The molecule has 0 aromatic carbocycles. The third-order valence-electron chi connectivity index (χ3n) is 1.72. The van der Waals surface area contributed by atoms with Crippen molar-refractivity contribution in [2.24, 2.45) is 5.73 Å². The lowest BCUT2D eigenvalue weighted by Gasteiger charge is -2.21. The normalized spacial score (nSPS) is 9.73. The molecule has 2 N–H and O–H groups in total. The average molecular weight is 234 g/mol. The number of nitrogens with two attached hydrogens (primary N) is 1. The van der Waals surface area contributed by atoms with Crippen LogP contribution >= 0.6 is 12.2 Å². The van der Waals surface area contributed by atoms with Crippen LogP contribution < -0.4 is 5.73 Å². The highest BCUT2D eigenvalue weighted by Crippen LogP contribution is 1.97. The van der Waals surface area contributed by atoms with E-state index in [4.69, 9.17) is 27.4 Å². The van der Waals surface area contributed by atoms with Crippen molar-refractivity contribution in [3.8, 4) is 0 Å². The number of hydrogen-bond acceptors (Lipinski definition) is 4. The zero-order valence-electron chi connectivity index (χ0n) is 9.19. The molecule has 0 radical (unpaired) electrons. The first kappa shape index (κ1) is 14.1. The minimum Gasteiger partial charge on any atom is -0.450 e. The summed E-state index contributed by atoms with van der Waals surface area (Å²) in [5.74, 6) is 0. The Morgan fingerprint density at radius 2 is 2.13 bits per heavy atom. The molecule has 15 heavy (non-hydrogen) atoms.